The monoisotopic (exact) mass is 376 g/mol. The van der Waals surface area contributed by atoms with Crippen molar-refractivity contribution in [2.45, 2.75) is 13.0 Å². The highest BCUT2D eigenvalue weighted by Gasteiger charge is 2.22. The SMILES string of the molecule is COc1cc(NC(=O)[C@H](C)Oc2ccc(OC)cc2[N+](=O)[O-])cc(OC)c1. The maximum absolute atomic E-state index is 12.4. The van der Waals surface area contributed by atoms with E-state index in [1.807, 2.05) is 0 Å². The summed E-state index contributed by atoms with van der Waals surface area (Å²) in [5.74, 6) is 0.796. The van der Waals surface area contributed by atoms with E-state index < -0.39 is 16.9 Å². The topological polar surface area (TPSA) is 109 Å². The number of hydrogen-bond donors (Lipinski definition) is 1. The van der Waals surface area contributed by atoms with Gasteiger partial charge in [0.2, 0.25) is 0 Å². The minimum atomic E-state index is -0.991. The highest BCUT2D eigenvalue weighted by Crippen LogP contribution is 2.32. The summed E-state index contributed by atoms with van der Waals surface area (Å²) in [5.41, 5.74) is 0.146. The molecule has 0 aliphatic carbocycles. The summed E-state index contributed by atoms with van der Waals surface area (Å²) in [7, 11) is 4.39. The van der Waals surface area contributed by atoms with Crippen LogP contribution in [-0.4, -0.2) is 38.3 Å². The van der Waals surface area contributed by atoms with Crippen LogP contribution in [0.25, 0.3) is 0 Å². The highest BCUT2D eigenvalue weighted by molar-refractivity contribution is 5.94. The predicted octanol–water partition coefficient (Wildman–Crippen LogP) is 3.03. The third kappa shape index (κ3) is 5.00. The first-order valence-electron chi connectivity index (χ1n) is 7.91. The highest BCUT2D eigenvalue weighted by atomic mass is 16.6. The van der Waals surface area contributed by atoms with Gasteiger partial charge in [0.25, 0.3) is 5.91 Å². The largest absolute Gasteiger partial charge is 0.497 e. The predicted molar refractivity (Wildman–Crippen MR) is 97.9 cm³/mol. The van der Waals surface area contributed by atoms with Gasteiger partial charge in [-0.2, -0.15) is 0 Å². The first-order chi connectivity index (χ1) is 12.9. The number of amides is 1. The van der Waals surface area contributed by atoms with Crippen molar-refractivity contribution in [3.05, 3.63) is 46.5 Å². The van der Waals surface area contributed by atoms with Crippen molar-refractivity contribution in [2.75, 3.05) is 26.6 Å². The minimum absolute atomic E-state index is 0.0355. The Hall–Kier alpha value is -3.49. The van der Waals surface area contributed by atoms with Crippen LogP contribution in [0.2, 0.25) is 0 Å². The molecule has 0 saturated heterocycles. The second kappa shape index (κ2) is 8.75. The molecule has 0 aliphatic rings. The third-order valence-corrected chi connectivity index (χ3v) is 3.65. The Morgan fingerprint density at radius 2 is 1.59 bits per heavy atom. The van der Waals surface area contributed by atoms with Crippen molar-refractivity contribution in [1.82, 2.24) is 0 Å². The lowest BCUT2D eigenvalue weighted by Crippen LogP contribution is -2.30. The van der Waals surface area contributed by atoms with Gasteiger partial charge in [-0.3, -0.25) is 14.9 Å². The fourth-order valence-electron chi connectivity index (χ4n) is 2.23. The van der Waals surface area contributed by atoms with E-state index >= 15 is 0 Å². The van der Waals surface area contributed by atoms with Crippen LogP contribution in [0.15, 0.2) is 36.4 Å². The van der Waals surface area contributed by atoms with Crippen LogP contribution >= 0.6 is 0 Å². The Balaban J connectivity index is 2.16. The quantitative estimate of drug-likeness (QED) is 0.557. The molecule has 2 rings (SSSR count). The number of nitrogens with zero attached hydrogens (tertiary/aromatic N) is 1. The number of benzene rings is 2. The molecule has 0 fully saturated rings. The summed E-state index contributed by atoms with van der Waals surface area (Å²) in [5, 5.41) is 13.9. The zero-order chi connectivity index (χ0) is 20.0. The fraction of sp³-hybridized carbons (Fsp3) is 0.278. The number of anilines is 1. The molecule has 0 aliphatic heterocycles. The van der Waals surface area contributed by atoms with E-state index in [-0.39, 0.29) is 11.4 Å². The molecule has 1 amide bonds. The first-order valence-corrected chi connectivity index (χ1v) is 7.91. The van der Waals surface area contributed by atoms with Crippen LogP contribution in [-0.2, 0) is 4.79 Å². The summed E-state index contributed by atoms with van der Waals surface area (Å²) in [6.07, 6.45) is -0.991. The van der Waals surface area contributed by atoms with Crippen LogP contribution in [0, 0.1) is 10.1 Å². The van der Waals surface area contributed by atoms with Crippen LogP contribution in [0.5, 0.6) is 23.0 Å². The summed E-state index contributed by atoms with van der Waals surface area (Å²) in [6.45, 7) is 1.49. The van der Waals surface area contributed by atoms with Crippen molar-refractivity contribution in [3.8, 4) is 23.0 Å². The second-order valence-corrected chi connectivity index (χ2v) is 5.44. The third-order valence-electron chi connectivity index (χ3n) is 3.65. The Morgan fingerprint density at radius 1 is 1.00 bits per heavy atom. The van der Waals surface area contributed by atoms with Crippen LogP contribution in [0.1, 0.15) is 6.92 Å². The fourth-order valence-corrected chi connectivity index (χ4v) is 2.23. The molecule has 2 aromatic carbocycles. The molecule has 0 unspecified atom stereocenters. The summed E-state index contributed by atoms with van der Waals surface area (Å²) < 4.78 is 20.8. The maximum atomic E-state index is 12.4. The molecule has 1 N–H and O–H groups in total. The molecule has 0 saturated carbocycles. The van der Waals surface area contributed by atoms with Gasteiger partial charge < -0.3 is 24.3 Å². The van der Waals surface area contributed by atoms with Gasteiger partial charge in [0.05, 0.1) is 32.3 Å². The zero-order valence-corrected chi connectivity index (χ0v) is 15.3. The van der Waals surface area contributed by atoms with E-state index in [2.05, 4.69) is 5.32 Å². The molecule has 1 atom stereocenters. The van der Waals surface area contributed by atoms with E-state index in [0.717, 1.165) is 0 Å². The molecule has 27 heavy (non-hydrogen) atoms. The number of ether oxygens (including phenoxy) is 4. The normalized spacial score (nSPS) is 11.3. The van der Waals surface area contributed by atoms with Crippen LogP contribution < -0.4 is 24.3 Å². The number of carbonyl (C=O) groups is 1. The molecule has 2 aromatic rings. The van der Waals surface area contributed by atoms with Gasteiger partial charge >= 0.3 is 5.69 Å². The average Bonchev–Trinajstić information content (AvgIpc) is 2.67. The number of nitrogens with one attached hydrogen (secondary N) is 1. The zero-order valence-electron chi connectivity index (χ0n) is 15.3. The molecular weight excluding hydrogens is 356 g/mol. The van der Waals surface area contributed by atoms with E-state index in [0.29, 0.717) is 22.9 Å². The number of methoxy groups -OCH3 is 3. The van der Waals surface area contributed by atoms with E-state index in [4.69, 9.17) is 18.9 Å². The van der Waals surface area contributed by atoms with Crippen molar-refractivity contribution >= 4 is 17.3 Å². The first kappa shape index (κ1) is 19.8. The number of hydrogen-bond acceptors (Lipinski definition) is 7. The maximum Gasteiger partial charge on any atom is 0.314 e. The number of rotatable bonds is 8. The van der Waals surface area contributed by atoms with Gasteiger partial charge in [-0.15, -0.1) is 0 Å². The van der Waals surface area contributed by atoms with Crippen molar-refractivity contribution in [2.24, 2.45) is 0 Å². The molecule has 0 aromatic heterocycles. The molecule has 144 valence electrons. The number of carbonyl (C=O) groups excluding carboxylic acids is 1. The summed E-state index contributed by atoms with van der Waals surface area (Å²) in [6, 6.07) is 9.02. The lowest BCUT2D eigenvalue weighted by atomic mass is 10.2. The van der Waals surface area contributed by atoms with Crippen molar-refractivity contribution in [3.63, 3.8) is 0 Å². The second-order valence-electron chi connectivity index (χ2n) is 5.44. The van der Waals surface area contributed by atoms with Crippen LogP contribution in [0.3, 0.4) is 0 Å². The van der Waals surface area contributed by atoms with Gasteiger partial charge in [-0.25, -0.2) is 0 Å². The Morgan fingerprint density at radius 3 is 2.11 bits per heavy atom. The summed E-state index contributed by atoms with van der Waals surface area (Å²) >= 11 is 0. The standard InChI is InChI=1S/C18H20N2O7/c1-11(27-17-6-5-13(24-2)10-16(17)20(22)23)18(21)19-12-7-14(25-3)9-15(8-12)26-4/h5-11H,1-4H3,(H,19,21)/t11-/m0/s1. The van der Waals surface area contributed by atoms with Crippen molar-refractivity contribution in [1.29, 1.82) is 0 Å². The smallest absolute Gasteiger partial charge is 0.314 e. The average molecular weight is 376 g/mol. The lowest BCUT2D eigenvalue weighted by Gasteiger charge is -2.16. The van der Waals surface area contributed by atoms with E-state index in [1.165, 1.54) is 46.5 Å². The number of nitro groups is 1. The molecule has 0 heterocycles. The van der Waals surface area contributed by atoms with Crippen LogP contribution in [0.4, 0.5) is 11.4 Å². The molecular formula is C18H20N2O7. The molecule has 9 nitrogen and oxygen atoms in total. The molecule has 9 heteroatoms. The molecule has 0 radical (unpaired) electrons. The van der Waals surface area contributed by atoms with Crippen molar-refractivity contribution < 1.29 is 28.7 Å². The number of nitro benzene ring substituents is 1. The van der Waals surface area contributed by atoms with E-state index in [1.54, 1.807) is 18.2 Å². The van der Waals surface area contributed by atoms with Gasteiger partial charge in [0.15, 0.2) is 11.9 Å². The molecule has 0 bridgehead atoms. The minimum Gasteiger partial charge on any atom is -0.497 e. The van der Waals surface area contributed by atoms with Gasteiger partial charge in [-0.1, -0.05) is 0 Å². The molecule has 0 spiro atoms. The van der Waals surface area contributed by atoms with Gasteiger partial charge in [-0.05, 0) is 19.1 Å². The van der Waals surface area contributed by atoms with Gasteiger partial charge in [0.1, 0.15) is 17.2 Å². The Bertz CT molecular complexity index is 816. The Labute approximate surface area is 155 Å². The summed E-state index contributed by atoms with van der Waals surface area (Å²) in [4.78, 5) is 23.0. The van der Waals surface area contributed by atoms with E-state index in [9.17, 15) is 14.9 Å². The van der Waals surface area contributed by atoms with Gasteiger partial charge in [0, 0.05) is 23.9 Å². The lowest BCUT2D eigenvalue weighted by molar-refractivity contribution is -0.386. The Kier molecular flexibility index (Phi) is 6.42.